The Kier molecular flexibility index (Phi) is 8.18. The van der Waals surface area contributed by atoms with Crippen molar-refractivity contribution < 1.29 is 19.4 Å². The molecule has 3 atom stereocenters. The van der Waals surface area contributed by atoms with E-state index in [-0.39, 0.29) is 5.41 Å². The Bertz CT molecular complexity index is 917. The molecule has 1 aromatic rings. The quantitative estimate of drug-likeness (QED) is 0.591. The number of carbonyl (C=O) groups is 1. The second-order valence-corrected chi connectivity index (χ2v) is 10.2. The van der Waals surface area contributed by atoms with Crippen molar-refractivity contribution >= 4 is 6.09 Å². The topological polar surface area (TPSA) is 71.0 Å². The first-order chi connectivity index (χ1) is 16.5. The number of nitrogens with one attached hydrogen (secondary N) is 1. The lowest BCUT2D eigenvalue weighted by atomic mass is 9.53. The van der Waals surface area contributed by atoms with Gasteiger partial charge in [0.25, 0.3) is 0 Å². The molecule has 0 bridgehead atoms. The van der Waals surface area contributed by atoms with Crippen LogP contribution in [0.3, 0.4) is 0 Å². The first kappa shape index (κ1) is 25.0. The van der Waals surface area contributed by atoms with E-state index in [1.54, 1.807) is 0 Å². The second kappa shape index (κ2) is 11.1. The van der Waals surface area contributed by atoms with Crippen LogP contribution in [0.5, 0.6) is 5.75 Å². The van der Waals surface area contributed by atoms with Gasteiger partial charge in [0, 0.05) is 26.2 Å². The van der Waals surface area contributed by atoms with E-state index < -0.39 is 11.7 Å². The Labute approximate surface area is 204 Å². The van der Waals surface area contributed by atoms with Crippen LogP contribution in [0, 0.1) is 17.8 Å². The number of ether oxygens (including phenoxy) is 2. The van der Waals surface area contributed by atoms with Gasteiger partial charge in [-0.2, -0.15) is 0 Å². The van der Waals surface area contributed by atoms with Crippen LogP contribution >= 0.6 is 0 Å². The van der Waals surface area contributed by atoms with Gasteiger partial charge in [0.05, 0.1) is 13.2 Å². The van der Waals surface area contributed by atoms with Crippen molar-refractivity contribution in [3.63, 3.8) is 0 Å². The number of aryl methyl sites for hydroxylation is 1. The molecule has 4 rings (SSSR count). The minimum absolute atomic E-state index is 0.0875. The van der Waals surface area contributed by atoms with Crippen LogP contribution in [0.4, 0.5) is 4.79 Å². The van der Waals surface area contributed by atoms with Gasteiger partial charge in [-0.3, -0.25) is 4.90 Å². The number of hydrogen-bond donors (Lipinski definition) is 2. The number of rotatable bonds is 7. The van der Waals surface area contributed by atoms with Gasteiger partial charge >= 0.3 is 6.09 Å². The Balaban J connectivity index is 1.43. The summed E-state index contributed by atoms with van der Waals surface area (Å²) in [6.45, 7) is 8.75. The van der Waals surface area contributed by atoms with Crippen molar-refractivity contribution in [1.29, 1.82) is 0 Å². The van der Waals surface area contributed by atoms with E-state index in [1.807, 2.05) is 13.0 Å². The lowest BCUT2D eigenvalue weighted by Gasteiger charge is -2.52. The van der Waals surface area contributed by atoms with Crippen molar-refractivity contribution in [3.8, 4) is 17.6 Å². The molecule has 186 valence electrons. The smallest absolute Gasteiger partial charge is 0.410 e. The molecule has 2 fully saturated rings. The van der Waals surface area contributed by atoms with Crippen molar-refractivity contribution in [3.05, 3.63) is 29.3 Å². The van der Waals surface area contributed by atoms with E-state index in [9.17, 15) is 9.90 Å². The van der Waals surface area contributed by atoms with Crippen LogP contribution in [0.2, 0.25) is 0 Å². The average molecular weight is 469 g/mol. The molecule has 1 amide bonds. The zero-order valence-corrected chi connectivity index (χ0v) is 20.8. The molecular weight excluding hydrogens is 428 g/mol. The summed E-state index contributed by atoms with van der Waals surface area (Å²) in [6.07, 6.45) is 7.49. The van der Waals surface area contributed by atoms with Gasteiger partial charge in [-0.25, -0.2) is 4.79 Å². The highest BCUT2D eigenvalue weighted by atomic mass is 16.6. The molecule has 34 heavy (non-hydrogen) atoms. The second-order valence-electron chi connectivity index (χ2n) is 10.2. The molecule has 0 radical (unpaired) electrons. The number of fused-ring (bicyclic) bond motifs is 3. The fraction of sp³-hybridized carbons (Fsp3) is 0.679. The summed E-state index contributed by atoms with van der Waals surface area (Å²) in [5.41, 5.74) is 1.92. The molecule has 0 aromatic heterocycles. The van der Waals surface area contributed by atoms with E-state index in [4.69, 9.17) is 9.47 Å². The van der Waals surface area contributed by atoms with E-state index in [0.717, 1.165) is 77.8 Å². The van der Waals surface area contributed by atoms with E-state index in [2.05, 4.69) is 41.1 Å². The monoisotopic (exact) mass is 468 g/mol. The number of carbonyl (C=O) groups excluding carboxylic acids is 1. The third-order valence-electron chi connectivity index (χ3n) is 8.07. The molecule has 0 unspecified atom stereocenters. The maximum Gasteiger partial charge on any atom is 0.412 e. The Hall–Kier alpha value is -2.07. The molecule has 0 spiro atoms. The first-order valence-corrected chi connectivity index (χ1v) is 13.0. The Morgan fingerprint density at radius 3 is 2.91 bits per heavy atom. The third-order valence-corrected chi connectivity index (χ3v) is 8.07. The van der Waals surface area contributed by atoms with Crippen molar-refractivity contribution in [2.75, 3.05) is 39.4 Å². The Morgan fingerprint density at radius 1 is 1.32 bits per heavy atom. The summed E-state index contributed by atoms with van der Waals surface area (Å²) in [7, 11) is 0. The zero-order valence-electron chi connectivity index (χ0n) is 20.8. The van der Waals surface area contributed by atoms with Gasteiger partial charge in [0.2, 0.25) is 0 Å². The van der Waals surface area contributed by atoms with Crippen molar-refractivity contribution in [2.24, 2.45) is 5.92 Å². The predicted molar refractivity (Wildman–Crippen MR) is 133 cm³/mol. The molecule has 1 aromatic carbocycles. The highest BCUT2D eigenvalue weighted by Gasteiger charge is 2.50. The predicted octanol–water partition coefficient (Wildman–Crippen LogP) is 4.04. The number of unbranched alkanes of at least 4 members (excludes halogenated alkanes) is 1. The van der Waals surface area contributed by atoms with Crippen molar-refractivity contribution in [1.82, 2.24) is 10.2 Å². The first-order valence-electron chi connectivity index (χ1n) is 13.0. The molecule has 2 aliphatic carbocycles. The fourth-order valence-corrected chi connectivity index (χ4v) is 6.31. The molecule has 3 aliphatic rings. The van der Waals surface area contributed by atoms with Crippen LogP contribution in [0.15, 0.2) is 18.2 Å². The number of hydrogen-bond acceptors (Lipinski definition) is 5. The maximum absolute atomic E-state index is 12.4. The lowest BCUT2D eigenvalue weighted by molar-refractivity contribution is -0.0113. The normalized spacial score (nSPS) is 28.7. The molecule has 1 saturated carbocycles. The standard InChI is InChI=1S/C28H40N2O4/c1-3-5-11-28-13-12-27(32,10-4-2)21-23(28)7-6-22-20-24(8-9-25(22)28)34-26(31)29-14-15-30-16-18-33-19-17-30/h8-9,20,23,32H,3,5-7,11-19,21H2,1-2H3,(H,29,31)/t23-,27+,28-/m0/s1. The summed E-state index contributed by atoms with van der Waals surface area (Å²) in [6, 6.07) is 6.19. The van der Waals surface area contributed by atoms with Gasteiger partial charge in [0.1, 0.15) is 11.4 Å². The highest BCUT2D eigenvalue weighted by Crippen LogP contribution is 2.55. The van der Waals surface area contributed by atoms with Crippen LogP contribution < -0.4 is 10.1 Å². The minimum atomic E-state index is -0.852. The van der Waals surface area contributed by atoms with Crippen LogP contribution in [0.25, 0.3) is 0 Å². The SMILES string of the molecule is CC#C[C@@]1(O)CC[C@]2(CCCC)c3ccc(OC(=O)NCCN4CCOCC4)cc3CC[C@H]2C1. The summed E-state index contributed by atoms with van der Waals surface area (Å²) in [5.74, 6) is 7.07. The zero-order chi connectivity index (χ0) is 24.0. The van der Waals surface area contributed by atoms with E-state index in [0.29, 0.717) is 18.2 Å². The van der Waals surface area contributed by atoms with E-state index in [1.165, 1.54) is 17.5 Å². The molecule has 6 nitrogen and oxygen atoms in total. The number of amides is 1. The summed E-state index contributed by atoms with van der Waals surface area (Å²) < 4.78 is 11.0. The molecule has 1 saturated heterocycles. The van der Waals surface area contributed by atoms with Crippen LogP contribution in [0.1, 0.15) is 69.9 Å². The Morgan fingerprint density at radius 2 is 2.15 bits per heavy atom. The van der Waals surface area contributed by atoms with E-state index >= 15 is 0 Å². The van der Waals surface area contributed by atoms with Gasteiger partial charge < -0.3 is 19.9 Å². The number of aliphatic hydroxyl groups is 1. The molecular formula is C28H40N2O4. The van der Waals surface area contributed by atoms with Gasteiger partial charge in [0.15, 0.2) is 0 Å². The van der Waals surface area contributed by atoms with Gasteiger partial charge in [-0.15, -0.1) is 5.92 Å². The van der Waals surface area contributed by atoms with Gasteiger partial charge in [-0.05, 0) is 80.0 Å². The molecule has 1 heterocycles. The third kappa shape index (κ3) is 5.59. The maximum atomic E-state index is 12.4. The van der Waals surface area contributed by atoms with Crippen molar-refractivity contribution in [2.45, 2.75) is 76.2 Å². The largest absolute Gasteiger partial charge is 0.412 e. The molecule has 1 aliphatic heterocycles. The fourth-order valence-electron chi connectivity index (χ4n) is 6.31. The van der Waals surface area contributed by atoms with Crippen LogP contribution in [-0.4, -0.2) is 61.1 Å². The summed E-state index contributed by atoms with van der Waals surface area (Å²) >= 11 is 0. The molecule has 2 N–H and O–H groups in total. The lowest BCUT2D eigenvalue weighted by Crippen LogP contribution is -2.49. The number of morpholine rings is 1. The average Bonchev–Trinajstić information content (AvgIpc) is 2.83. The molecule has 6 heteroatoms. The van der Waals surface area contributed by atoms with Gasteiger partial charge in [-0.1, -0.05) is 31.8 Å². The number of benzene rings is 1. The van der Waals surface area contributed by atoms with Crippen LogP contribution in [-0.2, 0) is 16.6 Å². The summed E-state index contributed by atoms with van der Waals surface area (Å²) in [5, 5.41) is 13.9. The highest BCUT2D eigenvalue weighted by molar-refractivity contribution is 5.70. The number of nitrogens with zero attached hydrogens (tertiary/aromatic N) is 1. The minimum Gasteiger partial charge on any atom is -0.410 e. The summed E-state index contributed by atoms with van der Waals surface area (Å²) in [4.78, 5) is 14.7.